The first-order valence-corrected chi connectivity index (χ1v) is 8.02. The number of rotatable bonds is 6. The van der Waals surface area contributed by atoms with Crippen molar-refractivity contribution in [2.24, 2.45) is 0 Å². The summed E-state index contributed by atoms with van der Waals surface area (Å²) in [5.74, 6) is -0.0145. The first-order chi connectivity index (χ1) is 10.6. The van der Waals surface area contributed by atoms with Crippen LogP contribution in [0.2, 0.25) is 0 Å². The van der Waals surface area contributed by atoms with Crippen molar-refractivity contribution in [3.63, 3.8) is 0 Å². The normalized spacial score (nSPS) is 16.5. The standard InChI is InChI=1S/C17H27N3O2/c1-19(2)15-6-4-14(5-7-15)17(22)18-10-3-11-20-12-8-16(21)9-13-20/h4-7,16,21H,3,8-13H2,1-2H3,(H,18,22). The van der Waals surface area contributed by atoms with Gasteiger partial charge in [-0.2, -0.15) is 0 Å². The van der Waals surface area contributed by atoms with Crippen molar-refractivity contribution in [1.29, 1.82) is 0 Å². The molecule has 1 aliphatic heterocycles. The molecule has 0 aliphatic carbocycles. The van der Waals surface area contributed by atoms with Crippen LogP contribution in [0.3, 0.4) is 0 Å². The first-order valence-electron chi connectivity index (χ1n) is 8.02. The van der Waals surface area contributed by atoms with Crippen LogP contribution >= 0.6 is 0 Å². The average Bonchev–Trinajstić information content (AvgIpc) is 2.53. The highest BCUT2D eigenvalue weighted by atomic mass is 16.3. The monoisotopic (exact) mass is 305 g/mol. The number of aliphatic hydroxyl groups excluding tert-OH is 1. The molecule has 0 unspecified atom stereocenters. The quantitative estimate of drug-likeness (QED) is 0.779. The molecule has 1 fully saturated rings. The van der Waals surface area contributed by atoms with Gasteiger partial charge in [0.05, 0.1) is 6.10 Å². The summed E-state index contributed by atoms with van der Waals surface area (Å²) in [6, 6.07) is 7.62. The van der Waals surface area contributed by atoms with E-state index in [1.54, 1.807) is 0 Å². The van der Waals surface area contributed by atoms with Gasteiger partial charge in [0.2, 0.25) is 0 Å². The van der Waals surface area contributed by atoms with Crippen LogP contribution in [0, 0.1) is 0 Å². The average molecular weight is 305 g/mol. The number of carbonyl (C=O) groups is 1. The molecule has 1 aromatic carbocycles. The molecule has 2 rings (SSSR count). The molecule has 2 N–H and O–H groups in total. The fourth-order valence-electron chi connectivity index (χ4n) is 2.66. The molecule has 1 saturated heterocycles. The Labute approximate surface area is 132 Å². The van der Waals surface area contributed by atoms with Gasteiger partial charge >= 0.3 is 0 Å². The Morgan fingerprint density at radius 1 is 1.27 bits per heavy atom. The molecule has 0 saturated carbocycles. The Morgan fingerprint density at radius 3 is 2.50 bits per heavy atom. The molecule has 1 heterocycles. The van der Waals surface area contributed by atoms with E-state index in [1.165, 1.54) is 0 Å². The number of likely N-dealkylation sites (tertiary alicyclic amines) is 1. The van der Waals surface area contributed by atoms with E-state index >= 15 is 0 Å². The second-order valence-corrected chi connectivity index (χ2v) is 6.12. The van der Waals surface area contributed by atoms with Crippen molar-refractivity contribution in [2.45, 2.75) is 25.4 Å². The third-order valence-electron chi connectivity index (χ3n) is 4.14. The van der Waals surface area contributed by atoms with Gasteiger partial charge in [-0.15, -0.1) is 0 Å². The maximum absolute atomic E-state index is 12.0. The van der Waals surface area contributed by atoms with Crippen LogP contribution in [0.1, 0.15) is 29.6 Å². The van der Waals surface area contributed by atoms with Gasteiger partial charge in [0.25, 0.3) is 5.91 Å². The van der Waals surface area contributed by atoms with Crippen molar-refractivity contribution in [3.8, 4) is 0 Å². The summed E-state index contributed by atoms with van der Waals surface area (Å²) >= 11 is 0. The SMILES string of the molecule is CN(C)c1ccc(C(=O)NCCCN2CCC(O)CC2)cc1. The number of carbonyl (C=O) groups excluding carboxylic acids is 1. The fraction of sp³-hybridized carbons (Fsp3) is 0.588. The maximum Gasteiger partial charge on any atom is 0.251 e. The van der Waals surface area contributed by atoms with E-state index in [9.17, 15) is 9.90 Å². The van der Waals surface area contributed by atoms with E-state index in [4.69, 9.17) is 0 Å². The van der Waals surface area contributed by atoms with Crippen LogP contribution in [-0.2, 0) is 0 Å². The van der Waals surface area contributed by atoms with Gasteiger partial charge in [-0.1, -0.05) is 0 Å². The van der Waals surface area contributed by atoms with E-state index in [1.807, 2.05) is 43.3 Å². The second kappa shape index (κ2) is 8.15. The third-order valence-corrected chi connectivity index (χ3v) is 4.14. The number of nitrogens with one attached hydrogen (secondary N) is 1. The lowest BCUT2D eigenvalue weighted by molar-refractivity contribution is 0.0816. The van der Waals surface area contributed by atoms with Gasteiger partial charge in [-0.25, -0.2) is 0 Å². The Morgan fingerprint density at radius 2 is 1.91 bits per heavy atom. The lowest BCUT2D eigenvalue weighted by Crippen LogP contribution is -2.37. The first kappa shape index (κ1) is 16.8. The van der Waals surface area contributed by atoms with E-state index in [0.717, 1.165) is 44.6 Å². The molecule has 1 aliphatic rings. The van der Waals surface area contributed by atoms with Gasteiger partial charge in [0, 0.05) is 45.0 Å². The minimum atomic E-state index is -0.124. The summed E-state index contributed by atoms with van der Waals surface area (Å²) in [5, 5.41) is 12.4. The van der Waals surface area contributed by atoms with E-state index in [2.05, 4.69) is 10.2 Å². The molecule has 0 aromatic heterocycles. The van der Waals surface area contributed by atoms with Crippen molar-refractivity contribution in [2.75, 3.05) is 45.2 Å². The smallest absolute Gasteiger partial charge is 0.251 e. The summed E-state index contributed by atoms with van der Waals surface area (Å²) in [4.78, 5) is 16.4. The van der Waals surface area contributed by atoms with Crippen molar-refractivity contribution >= 4 is 11.6 Å². The molecule has 22 heavy (non-hydrogen) atoms. The van der Waals surface area contributed by atoms with Crippen LogP contribution in [0.25, 0.3) is 0 Å². The van der Waals surface area contributed by atoms with Gasteiger partial charge in [0.15, 0.2) is 0 Å². The van der Waals surface area contributed by atoms with Crippen LogP contribution < -0.4 is 10.2 Å². The zero-order valence-corrected chi connectivity index (χ0v) is 13.6. The summed E-state index contributed by atoms with van der Waals surface area (Å²) in [6.45, 7) is 3.59. The number of hydrogen-bond donors (Lipinski definition) is 2. The van der Waals surface area contributed by atoms with Crippen LogP contribution in [-0.4, -0.2) is 62.3 Å². The summed E-state index contributed by atoms with van der Waals surface area (Å²) in [5.41, 5.74) is 1.79. The van der Waals surface area contributed by atoms with Gasteiger partial charge in [0.1, 0.15) is 0 Å². The molecule has 5 nitrogen and oxygen atoms in total. The molecular weight excluding hydrogens is 278 g/mol. The van der Waals surface area contributed by atoms with Crippen molar-refractivity contribution < 1.29 is 9.90 Å². The Balaban J connectivity index is 1.67. The molecule has 0 radical (unpaired) electrons. The number of piperidine rings is 1. The second-order valence-electron chi connectivity index (χ2n) is 6.12. The largest absolute Gasteiger partial charge is 0.393 e. The molecule has 122 valence electrons. The van der Waals surface area contributed by atoms with Crippen LogP contribution in [0.5, 0.6) is 0 Å². The number of aliphatic hydroxyl groups is 1. The number of anilines is 1. The summed E-state index contributed by atoms with van der Waals surface area (Å²) in [7, 11) is 3.96. The molecule has 0 spiro atoms. The predicted octanol–water partition coefficient (Wildman–Crippen LogP) is 1.33. The zero-order chi connectivity index (χ0) is 15.9. The number of amides is 1. The minimum Gasteiger partial charge on any atom is -0.393 e. The Hall–Kier alpha value is -1.59. The summed E-state index contributed by atoms with van der Waals surface area (Å²) in [6.07, 6.45) is 2.55. The highest BCUT2D eigenvalue weighted by Crippen LogP contribution is 2.12. The lowest BCUT2D eigenvalue weighted by atomic mass is 10.1. The van der Waals surface area contributed by atoms with Gasteiger partial charge < -0.3 is 20.2 Å². The topological polar surface area (TPSA) is 55.8 Å². The van der Waals surface area contributed by atoms with Crippen LogP contribution in [0.15, 0.2) is 24.3 Å². The zero-order valence-electron chi connectivity index (χ0n) is 13.6. The number of nitrogens with zero attached hydrogens (tertiary/aromatic N) is 2. The number of hydrogen-bond acceptors (Lipinski definition) is 4. The Kier molecular flexibility index (Phi) is 6.21. The molecule has 1 amide bonds. The maximum atomic E-state index is 12.0. The van der Waals surface area contributed by atoms with E-state index in [0.29, 0.717) is 12.1 Å². The van der Waals surface area contributed by atoms with Gasteiger partial charge in [-0.3, -0.25) is 4.79 Å². The Bertz CT molecular complexity index is 465. The number of benzene rings is 1. The van der Waals surface area contributed by atoms with Crippen molar-refractivity contribution in [1.82, 2.24) is 10.2 Å². The van der Waals surface area contributed by atoms with E-state index in [-0.39, 0.29) is 12.0 Å². The van der Waals surface area contributed by atoms with Gasteiger partial charge in [-0.05, 0) is 50.1 Å². The predicted molar refractivity (Wildman–Crippen MR) is 89.4 cm³/mol. The molecule has 5 heteroatoms. The minimum absolute atomic E-state index is 0.0145. The highest BCUT2D eigenvalue weighted by Gasteiger charge is 2.16. The molecule has 0 atom stereocenters. The van der Waals surface area contributed by atoms with Crippen LogP contribution in [0.4, 0.5) is 5.69 Å². The van der Waals surface area contributed by atoms with E-state index < -0.39 is 0 Å². The highest BCUT2D eigenvalue weighted by molar-refractivity contribution is 5.94. The molecular formula is C17H27N3O2. The molecule has 1 aromatic rings. The lowest BCUT2D eigenvalue weighted by Gasteiger charge is -2.29. The molecule has 0 bridgehead atoms. The third kappa shape index (κ3) is 5.00. The fourth-order valence-corrected chi connectivity index (χ4v) is 2.66. The van der Waals surface area contributed by atoms with Crippen molar-refractivity contribution in [3.05, 3.63) is 29.8 Å². The summed E-state index contributed by atoms with van der Waals surface area (Å²) < 4.78 is 0.